The lowest BCUT2D eigenvalue weighted by Gasteiger charge is -2.31. The first-order valence-corrected chi connectivity index (χ1v) is 7.51. The summed E-state index contributed by atoms with van der Waals surface area (Å²) in [4.78, 5) is 45.9. The molecule has 0 amide bonds. The first kappa shape index (κ1) is 21.1. The Balaban J connectivity index is 2.90. The zero-order valence-corrected chi connectivity index (χ0v) is 14.1. The van der Waals surface area contributed by atoms with Crippen LogP contribution in [0, 0.1) is 5.41 Å². The van der Waals surface area contributed by atoms with Crippen LogP contribution in [0.2, 0.25) is 0 Å². The van der Waals surface area contributed by atoms with Gasteiger partial charge >= 0.3 is 23.9 Å². The monoisotopic (exact) mass is 368 g/mol. The van der Waals surface area contributed by atoms with Crippen LogP contribution in [0.4, 0.5) is 0 Å². The highest BCUT2D eigenvalue weighted by Gasteiger charge is 2.40. The second kappa shape index (κ2) is 10.1. The standard InChI is InChI=1S/C17H20O9/c1-4-13(18)23-8-17(9-24-14(19)5-2,10-25-15(20)6-3)11-26-16(21)12-7-22-12/h4-6,12H,1-3,7-11H2. The van der Waals surface area contributed by atoms with Crippen molar-refractivity contribution in [1.82, 2.24) is 0 Å². The van der Waals surface area contributed by atoms with Crippen LogP contribution in [-0.4, -0.2) is 63.0 Å². The number of hydrogen-bond acceptors (Lipinski definition) is 9. The number of rotatable bonds is 12. The Morgan fingerprint density at radius 2 is 1.15 bits per heavy atom. The molecule has 1 fully saturated rings. The summed E-state index contributed by atoms with van der Waals surface area (Å²) in [6.45, 7) is 8.58. The molecule has 1 atom stereocenters. The van der Waals surface area contributed by atoms with Gasteiger partial charge in [0.25, 0.3) is 0 Å². The summed E-state index contributed by atoms with van der Waals surface area (Å²) < 4.78 is 24.9. The van der Waals surface area contributed by atoms with Crippen LogP contribution in [0.5, 0.6) is 0 Å². The van der Waals surface area contributed by atoms with Crippen LogP contribution < -0.4 is 0 Å². The molecule has 0 aromatic heterocycles. The highest BCUT2D eigenvalue weighted by atomic mass is 16.6. The van der Waals surface area contributed by atoms with Crippen molar-refractivity contribution in [3.63, 3.8) is 0 Å². The van der Waals surface area contributed by atoms with Crippen LogP contribution in [0.1, 0.15) is 0 Å². The summed E-state index contributed by atoms with van der Waals surface area (Å²) in [5.74, 6) is -2.89. The summed E-state index contributed by atoms with van der Waals surface area (Å²) in [5, 5.41) is 0. The number of hydrogen-bond donors (Lipinski definition) is 0. The topological polar surface area (TPSA) is 118 Å². The summed E-state index contributed by atoms with van der Waals surface area (Å²) in [6, 6.07) is 0. The van der Waals surface area contributed by atoms with E-state index in [4.69, 9.17) is 23.7 Å². The van der Waals surface area contributed by atoms with Gasteiger partial charge in [-0.25, -0.2) is 19.2 Å². The Labute approximate surface area is 150 Å². The van der Waals surface area contributed by atoms with E-state index in [9.17, 15) is 19.2 Å². The number of ether oxygens (including phenoxy) is 5. The highest BCUT2D eigenvalue weighted by Crippen LogP contribution is 2.23. The van der Waals surface area contributed by atoms with Crippen molar-refractivity contribution in [3.8, 4) is 0 Å². The number of carbonyl (C=O) groups excluding carboxylic acids is 4. The van der Waals surface area contributed by atoms with Crippen LogP contribution in [0.15, 0.2) is 38.0 Å². The van der Waals surface area contributed by atoms with Gasteiger partial charge in [0, 0.05) is 18.2 Å². The summed E-state index contributed by atoms with van der Waals surface area (Å²) in [5.41, 5.74) is -1.33. The van der Waals surface area contributed by atoms with E-state index in [1.807, 2.05) is 0 Å². The van der Waals surface area contributed by atoms with Crippen LogP contribution >= 0.6 is 0 Å². The van der Waals surface area contributed by atoms with E-state index in [-0.39, 0.29) is 33.0 Å². The molecule has 0 bridgehead atoms. The molecule has 0 aliphatic carbocycles. The van der Waals surface area contributed by atoms with E-state index in [1.54, 1.807) is 0 Å². The molecule has 9 nitrogen and oxygen atoms in total. The molecule has 1 aliphatic rings. The molecule has 0 aromatic rings. The number of epoxide rings is 1. The van der Waals surface area contributed by atoms with E-state index < -0.39 is 35.4 Å². The van der Waals surface area contributed by atoms with Crippen molar-refractivity contribution >= 4 is 23.9 Å². The first-order valence-electron chi connectivity index (χ1n) is 7.51. The summed E-state index contributed by atoms with van der Waals surface area (Å²) >= 11 is 0. The molecule has 1 saturated heterocycles. The van der Waals surface area contributed by atoms with Crippen molar-refractivity contribution in [3.05, 3.63) is 38.0 Å². The van der Waals surface area contributed by atoms with Gasteiger partial charge < -0.3 is 23.7 Å². The van der Waals surface area contributed by atoms with Crippen molar-refractivity contribution in [1.29, 1.82) is 0 Å². The van der Waals surface area contributed by atoms with Crippen molar-refractivity contribution in [2.45, 2.75) is 6.10 Å². The van der Waals surface area contributed by atoms with Crippen LogP contribution in [-0.2, 0) is 42.9 Å². The smallest absolute Gasteiger partial charge is 0.337 e. The van der Waals surface area contributed by atoms with Gasteiger partial charge in [-0.15, -0.1) is 0 Å². The minimum atomic E-state index is -1.33. The van der Waals surface area contributed by atoms with E-state index in [1.165, 1.54) is 0 Å². The molecular weight excluding hydrogens is 348 g/mol. The van der Waals surface area contributed by atoms with Crippen LogP contribution in [0.3, 0.4) is 0 Å². The molecule has 0 spiro atoms. The maximum absolute atomic E-state index is 11.7. The molecule has 0 radical (unpaired) electrons. The van der Waals surface area contributed by atoms with Gasteiger partial charge in [-0.1, -0.05) is 19.7 Å². The fourth-order valence-electron chi connectivity index (χ4n) is 1.60. The third-order valence-corrected chi connectivity index (χ3v) is 3.18. The lowest BCUT2D eigenvalue weighted by Crippen LogP contribution is -2.44. The zero-order valence-electron chi connectivity index (χ0n) is 14.1. The molecule has 0 saturated carbocycles. The van der Waals surface area contributed by atoms with Gasteiger partial charge in [-0.05, 0) is 0 Å². The van der Waals surface area contributed by atoms with Gasteiger partial charge in [-0.3, -0.25) is 0 Å². The fourth-order valence-corrected chi connectivity index (χ4v) is 1.60. The van der Waals surface area contributed by atoms with E-state index >= 15 is 0 Å². The van der Waals surface area contributed by atoms with Gasteiger partial charge in [0.2, 0.25) is 0 Å². The van der Waals surface area contributed by atoms with Gasteiger partial charge in [0.1, 0.15) is 31.8 Å². The summed E-state index contributed by atoms with van der Waals surface area (Å²) in [7, 11) is 0. The van der Waals surface area contributed by atoms with E-state index in [2.05, 4.69) is 19.7 Å². The van der Waals surface area contributed by atoms with Crippen LogP contribution in [0.25, 0.3) is 0 Å². The molecule has 0 N–H and O–H groups in total. The third-order valence-electron chi connectivity index (χ3n) is 3.18. The molecular formula is C17H20O9. The maximum atomic E-state index is 11.7. The van der Waals surface area contributed by atoms with Gasteiger partial charge in [-0.2, -0.15) is 0 Å². The Kier molecular flexibility index (Phi) is 8.23. The van der Waals surface area contributed by atoms with Gasteiger partial charge in [0.05, 0.1) is 6.61 Å². The predicted molar refractivity (Wildman–Crippen MR) is 86.6 cm³/mol. The molecule has 0 aromatic carbocycles. The Morgan fingerprint density at radius 1 is 0.808 bits per heavy atom. The lowest BCUT2D eigenvalue weighted by molar-refractivity contribution is -0.166. The Hall–Kier alpha value is -2.94. The van der Waals surface area contributed by atoms with Crippen molar-refractivity contribution in [2.24, 2.45) is 5.41 Å². The second-order valence-corrected chi connectivity index (χ2v) is 5.37. The average Bonchev–Trinajstić information content (AvgIpc) is 3.50. The third kappa shape index (κ3) is 7.31. The molecule has 9 heteroatoms. The average molecular weight is 368 g/mol. The quantitative estimate of drug-likeness (QED) is 0.204. The van der Waals surface area contributed by atoms with E-state index in [0.717, 1.165) is 18.2 Å². The van der Waals surface area contributed by atoms with E-state index in [0.29, 0.717) is 0 Å². The molecule has 26 heavy (non-hydrogen) atoms. The zero-order chi connectivity index (χ0) is 19.6. The largest absolute Gasteiger partial charge is 0.463 e. The normalized spacial score (nSPS) is 15.2. The fraction of sp³-hybridized carbons (Fsp3) is 0.412. The highest BCUT2D eigenvalue weighted by molar-refractivity contribution is 5.82. The lowest BCUT2D eigenvalue weighted by atomic mass is 9.92. The van der Waals surface area contributed by atoms with Crippen molar-refractivity contribution < 1.29 is 42.9 Å². The predicted octanol–water partition coefficient (Wildman–Crippen LogP) is 0.102. The maximum Gasteiger partial charge on any atom is 0.337 e. The van der Waals surface area contributed by atoms with Gasteiger partial charge in [0.15, 0.2) is 6.10 Å². The minimum absolute atomic E-state index is 0.244. The Bertz CT molecular complexity index is 529. The summed E-state index contributed by atoms with van der Waals surface area (Å²) in [6.07, 6.45) is 2.14. The first-order chi connectivity index (χ1) is 12.4. The van der Waals surface area contributed by atoms with Crippen molar-refractivity contribution in [2.75, 3.05) is 33.0 Å². The minimum Gasteiger partial charge on any atom is -0.463 e. The second-order valence-electron chi connectivity index (χ2n) is 5.37. The Morgan fingerprint density at radius 3 is 1.46 bits per heavy atom. The molecule has 1 aliphatic heterocycles. The molecule has 142 valence electrons. The molecule has 1 rings (SSSR count). The molecule has 1 heterocycles. The molecule has 1 unspecified atom stereocenters. The number of carbonyl (C=O) groups is 4. The SMILES string of the molecule is C=CC(=O)OCC(COC(=O)C=C)(COC(=O)C=C)COC(=O)C1CO1. The number of esters is 4.